The Bertz CT molecular complexity index is 384. The zero-order valence-corrected chi connectivity index (χ0v) is 6.95. The lowest BCUT2D eigenvalue weighted by Crippen LogP contribution is -2.21. The third-order valence-corrected chi connectivity index (χ3v) is 1.86. The largest absolute Gasteiger partial charge is 0.386 e. The van der Waals surface area contributed by atoms with Crippen molar-refractivity contribution in [2.24, 2.45) is 10.7 Å². The van der Waals surface area contributed by atoms with Crippen LogP contribution in [0.2, 0.25) is 0 Å². The quantitative estimate of drug-likeness (QED) is 0.607. The molecule has 2 rings (SSSR count). The molecule has 0 radical (unpaired) electrons. The van der Waals surface area contributed by atoms with Crippen LogP contribution in [-0.2, 0) is 0 Å². The number of nitrogens with two attached hydrogens (primary N) is 1. The van der Waals surface area contributed by atoms with Gasteiger partial charge in [-0.05, 0) is 12.1 Å². The highest BCUT2D eigenvalue weighted by Gasteiger charge is 2.13. The van der Waals surface area contributed by atoms with Crippen molar-refractivity contribution in [2.75, 3.05) is 11.9 Å². The second kappa shape index (κ2) is 2.90. The van der Waals surface area contributed by atoms with Crippen molar-refractivity contribution >= 4 is 17.4 Å². The molecule has 1 aliphatic heterocycles. The number of benzene rings is 1. The summed E-state index contributed by atoms with van der Waals surface area (Å²) in [5, 5.41) is 3.03. The molecule has 4 heteroatoms. The minimum absolute atomic E-state index is 0.280. The van der Waals surface area contributed by atoms with Crippen LogP contribution in [0.15, 0.2) is 29.3 Å². The minimum atomic E-state index is -0.280. The summed E-state index contributed by atoms with van der Waals surface area (Å²) in [5.41, 5.74) is 6.83. The van der Waals surface area contributed by atoms with E-state index < -0.39 is 0 Å². The van der Waals surface area contributed by atoms with Crippen molar-refractivity contribution in [3.63, 3.8) is 0 Å². The number of anilines is 1. The van der Waals surface area contributed by atoms with Gasteiger partial charge in [-0.25, -0.2) is 0 Å². The first-order valence-corrected chi connectivity index (χ1v) is 3.97. The average molecular weight is 175 g/mol. The van der Waals surface area contributed by atoms with Crippen LogP contribution in [0.4, 0.5) is 5.69 Å². The number of amidine groups is 1. The summed E-state index contributed by atoms with van der Waals surface area (Å²) in [7, 11) is 0. The molecule has 0 aliphatic carbocycles. The van der Waals surface area contributed by atoms with Gasteiger partial charge in [0.1, 0.15) is 5.84 Å². The van der Waals surface area contributed by atoms with Gasteiger partial charge >= 0.3 is 0 Å². The number of rotatable bonds is 0. The fourth-order valence-electron chi connectivity index (χ4n) is 1.24. The summed E-state index contributed by atoms with van der Waals surface area (Å²) in [4.78, 5) is 15.1. The van der Waals surface area contributed by atoms with Crippen molar-refractivity contribution in [3.8, 4) is 0 Å². The van der Waals surface area contributed by atoms with Crippen molar-refractivity contribution < 1.29 is 4.79 Å². The molecule has 0 saturated heterocycles. The number of fused-ring (bicyclic) bond motifs is 1. The predicted molar refractivity (Wildman–Crippen MR) is 50.9 cm³/mol. The summed E-state index contributed by atoms with van der Waals surface area (Å²) in [5.74, 6) is 0.0410. The molecule has 1 aromatic carbocycles. The van der Waals surface area contributed by atoms with Crippen LogP contribution in [0.25, 0.3) is 0 Å². The van der Waals surface area contributed by atoms with Crippen LogP contribution in [0.1, 0.15) is 10.4 Å². The van der Waals surface area contributed by atoms with E-state index in [0.717, 1.165) is 5.69 Å². The summed E-state index contributed by atoms with van der Waals surface area (Å²) >= 11 is 0. The molecule has 66 valence electrons. The van der Waals surface area contributed by atoms with Gasteiger partial charge in [0.25, 0.3) is 5.91 Å². The van der Waals surface area contributed by atoms with E-state index in [1.807, 2.05) is 12.1 Å². The lowest BCUT2D eigenvalue weighted by Gasteiger charge is -2.03. The number of nitrogens with zero attached hydrogens (tertiary/aromatic N) is 1. The lowest BCUT2D eigenvalue weighted by molar-refractivity contribution is 0.100. The van der Waals surface area contributed by atoms with Crippen molar-refractivity contribution in [3.05, 3.63) is 29.8 Å². The molecule has 0 unspecified atom stereocenters. The zero-order valence-electron chi connectivity index (χ0n) is 6.95. The highest BCUT2D eigenvalue weighted by atomic mass is 16.1. The van der Waals surface area contributed by atoms with E-state index in [9.17, 15) is 4.79 Å². The van der Waals surface area contributed by atoms with E-state index in [1.165, 1.54) is 0 Å². The molecule has 4 nitrogen and oxygen atoms in total. The van der Waals surface area contributed by atoms with Gasteiger partial charge < -0.3 is 11.1 Å². The van der Waals surface area contributed by atoms with E-state index in [4.69, 9.17) is 5.73 Å². The molecular formula is C9H9N3O. The van der Waals surface area contributed by atoms with E-state index in [1.54, 1.807) is 12.1 Å². The van der Waals surface area contributed by atoms with Gasteiger partial charge in [-0.3, -0.25) is 4.79 Å². The van der Waals surface area contributed by atoms with Gasteiger partial charge in [0.05, 0.1) is 12.1 Å². The third-order valence-electron chi connectivity index (χ3n) is 1.86. The van der Waals surface area contributed by atoms with E-state index >= 15 is 0 Å². The fourth-order valence-corrected chi connectivity index (χ4v) is 1.24. The number of nitrogens with one attached hydrogen (secondary N) is 1. The molecule has 0 bridgehead atoms. The molecule has 1 aliphatic rings. The number of para-hydroxylation sites is 1. The molecular weight excluding hydrogens is 166 g/mol. The molecule has 1 heterocycles. The monoisotopic (exact) mass is 175 g/mol. The van der Waals surface area contributed by atoms with Crippen LogP contribution in [0, 0.1) is 0 Å². The summed E-state index contributed by atoms with van der Waals surface area (Å²) < 4.78 is 0. The first kappa shape index (κ1) is 7.79. The number of amides is 1. The van der Waals surface area contributed by atoms with Gasteiger partial charge in [-0.15, -0.1) is 0 Å². The predicted octanol–water partition coefficient (Wildman–Crippen LogP) is 0.610. The van der Waals surface area contributed by atoms with Crippen LogP contribution in [-0.4, -0.2) is 18.3 Å². The normalized spacial score (nSPS) is 15.4. The second-order valence-corrected chi connectivity index (χ2v) is 2.81. The van der Waals surface area contributed by atoms with Crippen molar-refractivity contribution in [2.45, 2.75) is 0 Å². The highest BCUT2D eigenvalue weighted by Crippen LogP contribution is 2.17. The third kappa shape index (κ3) is 1.38. The van der Waals surface area contributed by atoms with Gasteiger partial charge in [0, 0.05) is 5.69 Å². The number of hydrogen-bond donors (Lipinski definition) is 2. The van der Waals surface area contributed by atoms with Crippen molar-refractivity contribution in [1.82, 2.24) is 0 Å². The van der Waals surface area contributed by atoms with E-state index in [0.29, 0.717) is 17.9 Å². The smallest absolute Gasteiger partial charge is 0.280 e. The van der Waals surface area contributed by atoms with Crippen LogP contribution >= 0.6 is 0 Å². The number of carbonyl (C=O) groups excluding carboxylic acids is 1. The van der Waals surface area contributed by atoms with E-state index in [2.05, 4.69) is 10.3 Å². The van der Waals surface area contributed by atoms with Gasteiger partial charge in [-0.1, -0.05) is 12.1 Å². The topological polar surface area (TPSA) is 67.5 Å². The molecule has 3 N–H and O–H groups in total. The standard InChI is InChI=1S/C9H9N3O/c10-8-5-11-7-4-2-1-3-6(7)9(13)12-8/h1-4,11H,5H2,(H2,10,12,13). The maximum absolute atomic E-state index is 11.4. The van der Waals surface area contributed by atoms with Gasteiger partial charge in [0.15, 0.2) is 0 Å². The zero-order chi connectivity index (χ0) is 9.26. The van der Waals surface area contributed by atoms with Gasteiger partial charge in [0.2, 0.25) is 0 Å². The first-order chi connectivity index (χ1) is 6.27. The molecule has 0 saturated carbocycles. The Morgan fingerprint density at radius 1 is 1.38 bits per heavy atom. The maximum Gasteiger partial charge on any atom is 0.280 e. The maximum atomic E-state index is 11.4. The molecule has 0 fully saturated rings. The lowest BCUT2D eigenvalue weighted by atomic mass is 10.2. The van der Waals surface area contributed by atoms with E-state index in [-0.39, 0.29) is 5.91 Å². The molecule has 1 amide bonds. The van der Waals surface area contributed by atoms with Crippen LogP contribution in [0.3, 0.4) is 0 Å². The second-order valence-electron chi connectivity index (χ2n) is 2.81. The Balaban J connectivity index is 2.51. The molecule has 0 aromatic heterocycles. The first-order valence-electron chi connectivity index (χ1n) is 3.97. The molecule has 1 aromatic rings. The fraction of sp³-hybridized carbons (Fsp3) is 0.111. The Labute approximate surface area is 75.5 Å². The van der Waals surface area contributed by atoms with Crippen LogP contribution in [0.5, 0.6) is 0 Å². The molecule has 0 atom stereocenters. The highest BCUT2D eigenvalue weighted by molar-refractivity contribution is 6.08. The number of hydrogen-bond acceptors (Lipinski definition) is 3. The molecule has 0 spiro atoms. The van der Waals surface area contributed by atoms with Gasteiger partial charge in [-0.2, -0.15) is 4.99 Å². The van der Waals surface area contributed by atoms with Crippen LogP contribution < -0.4 is 11.1 Å². The average Bonchev–Trinajstić information content (AvgIpc) is 2.27. The SMILES string of the molecule is NC1=NC(=O)c2ccccc2NC1. The minimum Gasteiger partial charge on any atom is -0.386 e. The number of aliphatic imine (C=N–C) groups is 1. The Kier molecular flexibility index (Phi) is 1.73. The van der Waals surface area contributed by atoms with Crippen molar-refractivity contribution in [1.29, 1.82) is 0 Å². The number of carbonyl (C=O) groups is 1. The molecule has 13 heavy (non-hydrogen) atoms. The summed E-state index contributed by atoms with van der Waals surface area (Å²) in [6.07, 6.45) is 0. The Morgan fingerprint density at radius 3 is 3.00 bits per heavy atom. The Hall–Kier alpha value is -1.84. The Morgan fingerprint density at radius 2 is 2.15 bits per heavy atom. The summed E-state index contributed by atoms with van der Waals surface area (Å²) in [6.45, 7) is 0.419. The summed E-state index contributed by atoms with van der Waals surface area (Å²) in [6, 6.07) is 7.23.